The number of benzene rings is 2. The standard InChI is InChI=1S/C15H18N2O2.ClH/c16-8-3-9-17-15(18)11-19-14-7-6-12-4-1-2-5-13(12)10-14;/h1-2,4-7,10H,3,8-9,11,16H2,(H,17,18);1H. The Bertz CT molecular complexity index is 560. The Balaban J connectivity index is 0.00000200. The van der Waals surface area contributed by atoms with Crippen molar-refractivity contribution in [1.82, 2.24) is 5.32 Å². The van der Waals surface area contributed by atoms with Crippen LogP contribution in [0.5, 0.6) is 5.75 Å². The first-order valence-electron chi connectivity index (χ1n) is 6.38. The highest BCUT2D eigenvalue weighted by Crippen LogP contribution is 2.20. The van der Waals surface area contributed by atoms with Gasteiger partial charge in [0.1, 0.15) is 5.75 Å². The van der Waals surface area contributed by atoms with Crippen molar-refractivity contribution >= 4 is 29.1 Å². The van der Waals surface area contributed by atoms with E-state index < -0.39 is 0 Å². The normalized spacial score (nSPS) is 9.85. The molecule has 0 aromatic heterocycles. The van der Waals surface area contributed by atoms with E-state index in [4.69, 9.17) is 10.5 Å². The van der Waals surface area contributed by atoms with E-state index in [2.05, 4.69) is 5.32 Å². The van der Waals surface area contributed by atoms with E-state index >= 15 is 0 Å². The van der Waals surface area contributed by atoms with Crippen LogP contribution in [-0.2, 0) is 4.79 Å². The molecule has 0 radical (unpaired) electrons. The number of carbonyl (C=O) groups excluding carboxylic acids is 1. The Morgan fingerprint density at radius 3 is 2.65 bits per heavy atom. The molecule has 4 nitrogen and oxygen atoms in total. The van der Waals surface area contributed by atoms with E-state index in [1.54, 1.807) is 0 Å². The quantitative estimate of drug-likeness (QED) is 0.802. The minimum atomic E-state index is -0.124. The van der Waals surface area contributed by atoms with E-state index in [1.807, 2.05) is 42.5 Å². The fraction of sp³-hybridized carbons (Fsp3) is 0.267. The molecule has 0 heterocycles. The van der Waals surface area contributed by atoms with Crippen molar-refractivity contribution < 1.29 is 9.53 Å². The Morgan fingerprint density at radius 2 is 1.90 bits per heavy atom. The molecule has 2 rings (SSSR count). The van der Waals surface area contributed by atoms with Crippen LogP contribution in [0.1, 0.15) is 6.42 Å². The second kappa shape index (κ2) is 8.40. The van der Waals surface area contributed by atoms with Crippen LogP contribution in [0.4, 0.5) is 0 Å². The van der Waals surface area contributed by atoms with Crippen LogP contribution >= 0.6 is 12.4 Å². The van der Waals surface area contributed by atoms with Gasteiger partial charge < -0.3 is 15.8 Å². The van der Waals surface area contributed by atoms with Crippen molar-refractivity contribution in [3.63, 3.8) is 0 Å². The third-order valence-electron chi connectivity index (χ3n) is 2.79. The minimum Gasteiger partial charge on any atom is -0.484 e. The molecule has 0 saturated heterocycles. The maximum Gasteiger partial charge on any atom is 0.257 e. The smallest absolute Gasteiger partial charge is 0.257 e. The molecule has 3 N–H and O–H groups in total. The van der Waals surface area contributed by atoms with Gasteiger partial charge in [0, 0.05) is 6.54 Å². The average molecular weight is 295 g/mol. The number of hydrogen-bond acceptors (Lipinski definition) is 3. The van der Waals surface area contributed by atoms with Gasteiger partial charge in [-0.1, -0.05) is 30.3 Å². The van der Waals surface area contributed by atoms with Crippen molar-refractivity contribution in [3.8, 4) is 5.75 Å². The summed E-state index contributed by atoms with van der Waals surface area (Å²) in [5.41, 5.74) is 5.35. The van der Waals surface area contributed by atoms with Crippen LogP contribution in [0.3, 0.4) is 0 Å². The van der Waals surface area contributed by atoms with Gasteiger partial charge in [0.15, 0.2) is 6.61 Å². The Morgan fingerprint density at radius 1 is 1.15 bits per heavy atom. The zero-order valence-corrected chi connectivity index (χ0v) is 12.0. The van der Waals surface area contributed by atoms with E-state index in [-0.39, 0.29) is 24.9 Å². The molecule has 0 spiro atoms. The van der Waals surface area contributed by atoms with Gasteiger partial charge in [0.2, 0.25) is 0 Å². The molecule has 0 aliphatic rings. The second-order valence-electron chi connectivity index (χ2n) is 4.29. The van der Waals surface area contributed by atoms with Crippen LogP contribution in [0.2, 0.25) is 0 Å². The molecule has 0 bridgehead atoms. The first kappa shape index (κ1) is 16.3. The lowest BCUT2D eigenvalue weighted by Crippen LogP contribution is -2.30. The zero-order chi connectivity index (χ0) is 13.5. The number of nitrogens with one attached hydrogen (secondary N) is 1. The molecule has 2 aromatic rings. The van der Waals surface area contributed by atoms with Gasteiger partial charge in [-0.05, 0) is 35.9 Å². The van der Waals surface area contributed by atoms with Gasteiger partial charge in [0.05, 0.1) is 0 Å². The first-order valence-corrected chi connectivity index (χ1v) is 6.38. The molecule has 108 valence electrons. The number of halogens is 1. The maximum absolute atomic E-state index is 11.5. The summed E-state index contributed by atoms with van der Waals surface area (Å²) >= 11 is 0. The summed E-state index contributed by atoms with van der Waals surface area (Å²) in [6.45, 7) is 1.20. The largest absolute Gasteiger partial charge is 0.484 e. The molecule has 1 amide bonds. The lowest BCUT2D eigenvalue weighted by Gasteiger charge is -2.08. The van der Waals surface area contributed by atoms with Gasteiger partial charge in [-0.3, -0.25) is 4.79 Å². The fourth-order valence-corrected chi connectivity index (χ4v) is 1.79. The topological polar surface area (TPSA) is 64.3 Å². The SMILES string of the molecule is Cl.NCCCNC(=O)COc1ccc2ccccc2c1. The molecule has 2 aromatic carbocycles. The predicted molar refractivity (Wildman–Crippen MR) is 83.4 cm³/mol. The predicted octanol–water partition coefficient (Wildman–Crippen LogP) is 2.11. The molecular formula is C15H19ClN2O2. The van der Waals surface area contributed by atoms with Crippen molar-refractivity contribution in [1.29, 1.82) is 0 Å². The lowest BCUT2D eigenvalue weighted by molar-refractivity contribution is -0.123. The molecule has 20 heavy (non-hydrogen) atoms. The Labute approximate surface area is 124 Å². The van der Waals surface area contributed by atoms with Crippen molar-refractivity contribution in [2.24, 2.45) is 5.73 Å². The highest BCUT2D eigenvalue weighted by molar-refractivity contribution is 5.85. The number of ether oxygens (including phenoxy) is 1. The van der Waals surface area contributed by atoms with Crippen LogP contribution in [0.15, 0.2) is 42.5 Å². The number of fused-ring (bicyclic) bond motifs is 1. The van der Waals surface area contributed by atoms with E-state index in [0.29, 0.717) is 18.8 Å². The highest BCUT2D eigenvalue weighted by Gasteiger charge is 2.02. The molecule has 0 atom stereocenters. The fourth-order valence-electron chi connectivity index (χ4n) is 1.79. The van der Waals surface area contributed by atoms with Crippen LogP contribution in [0.25, 0.3) is 10.8 Å². The lowest BCUT2D eigenvalue weighted by atomic mass is 10.1. The molecule has 5 heteroatoms. The van der Waals surface area contributed by atoms with Crippen molar-refractivity contribution in [2.75, 3.05) is 19.7 Å². The zero-order valence-electron chi connectivity index (χ0n) is 11.2. The number of rotatable bonds is 6. The van der Waals surface area contributed by atoms with E-state index in [1.165, 1.54) is 0 Å². The molecule has 0 aliphatic carbocycles. The summed E-state index contributed by atoms with van der Waals surface area (Å²) < 4.78 is 5.46. The molecule has 0 saturated carbocycles. The minimum absolute atomic E-state index is 0. The van der Waals surface area contributed by atoms with E-state index in [0.717, 1.165) is 17.2 Å². The number of carbonyl (C=O) groups is 1. The monoisotopic (exact) mass is 294 g/mol. The van der Waals surface area contributed by atoms with Crippen molar-refractivity contribution in [2.45, 2.75) is 6.42 Å². The van der Waals surface area contributed by atoms with E-state index in [9.17, 15) is 4.79 Å². The summed E-state index contributed by atoms with van der Waals surface area (Å²) in [5, 5.41) is 5.00. The summed E-state index contributed by atoms with van der Waals surface area (Å²) in [7, 11) is 0. The summed E-state index contributed by atoms with van der Waals surface area (Å²) in [4.78, 5) is 11.5. The summed E-state index contributed by atoms with van der Waals surface area (Å²) in [6, 6.07) is 13.8. The number of nitrogens with two attached hydrogens (primary N) is 1. The van der Waals surface area contributed by atoms with Gasteiger partial charge in [0.25, 0.3) is 5.91 Å². The van der Waals surface area contributed by atoms with Gasteiger partial charge in [-0.25, -0.2) is 0 Å². The molecule has 0 aliphatic heterocycles. The second-order valence-corrected chi connectivity index (χ2v) is 4.29. The van der Waals surface area contributed by atoms with Crippen LogP contribution < -0.4 is 15.8 Å². The Kier molecular flexibility index (Phi) is 6.84. The highest BCUT2D eigenvalue weighted by atomic mass is 35.5. The molecular weight excluding hydrogens is 276 g/mol. The first-order chi connectivity index (χ1) is 9.29. The van der Waals surface area contributed by atoms with Crippen LogP contribution in [0, 0.1) is 0 Å². The van der Waals surface area contributed by atoms with Gasteiger partial charge in [-0.15, -0.1) is 12.4 Å². The maximum atomic E-state index is 11.5. The summed E-state index contributed by atoms with van der Waals surface area (Å²) in [6.07, 6.45) is 0.779. The average Bonchev–Trinajstić information content (AvgIpc) is 2.45. The third kappa shape index (κ3) is 4.72. The van der Waals surface area contributed by atoms with Crippen molar-refractivity contribution in [3.05, 3.63) is 42.5 Å². The number of hydrogen-bond donors (Lipinski definition) is 2. The molecule has 0 fully saturated rings. The third-order valence-corrected chi connectivity index (χ3v) is 2.79. The summed E-state index contributed by atoms with van der Waals surface area (Å²) in [5.74, 6) is 0.578. The number of amides is 1. The Hall–Kier alpha value is -1.78. The van der Waals surface area contributed by atoms with Crippen LogP contribution in [-0.4, -0.2) is 25.6 Å². The van der Waals surface area contributed by atoms with Gasteiger partial charge in [-0.2, -0.15) is 0 Å². The molecule has 0 unspecified atom stereocenters. The van der Waals surface area contributed by atoms with Gasteiger partial charge >= 0.3 is 0 Å².